The van der Waals surface area contributed by atoms with Gasteiger partial charge in [-0.05, 0) is 18.2 Å². The van der Waals surface area contributed by atoms with Crippen molar-refractivity contribution in [2.45, 2.75) is 11.8 Å². The molecule has 0 heterocycles. The van der Waals surface area contributed by atoms with Crippen molar-refractivity contribution in [3.05, 3.63) is 42.7 Å². The Morgan fingerprint density at radius 3 is 2.50 bits per heavy atom. The molecule has 0 spiro atoms. The minimum Gasteiger partial charge on any atom is -0.435 e. The Morgan fingerprint density at radius 1 is 1.31 bits per heavy atom. The van der Waals surface area contributed by atoms with E-state index < -0.39 is 15.8 Å². The van der Waals surface area contributed by atoms with Crippen molar-refractivity contribution in [3.8, 4) is 0 Å². The summed E-state index contributed by atoms with van der Waals surface area (Å²) in [7, 11) is -3.34. The van der Waals surface area contributed by atoms with E-state index in [0.29, 0.717) is 0 Å². The average Bonchev–Trinajstić information content (AvgIpc) is 2.26. The molecule has 1 aromatic carbocycles. The second-order valence-corrected chi connectivity index (χ2v) is 5.11. The summed E-state index contributed by atoms with van der Waals surface area (Å²) in [5, 5.41) is 0. The van der Waals surface area contributed by atoms with E-state index in [1.54, 1.807) is 18.2 Å². The van der Waals surface area contributed by atoms with E-state index in [1.807, 2.05) is 0 Å². The number of hydrogen-bond donors (Lipinski definition) is 0. The molecule has 0 bridgehead atoms. The maximum atomic E-state index is 11.7. The molecule has 0 aromatic heterocycles. The molecule has 0 N–H and O–H groups in total. The van der Waals surface area contributed by atoms with Crippen LogP contribution >= 0.6 is 0 Å². The third-order valence-corrected chi connectivity index (χ3v) is 3.37. The number of esters is 1. The Balaban J connectivity index is 2.67. The third kappa shape index (κ3) is 3.86. The molecule has 4 nitrogen and oxygen atoms in total. The number of benzene rings is 1. The highest BCUT2D eigenvalue weighted by atomic mass is 32.2. The first-order valence-corrected chi connectivity index (χ1v) is 6.27. The van der Waals surface area contributed by atoms with Gasteiger partial charge in [-0.1, -0.05) is 18.2 Å². The molecule has 1 rings (SSSR count). The highest BCUT2D eigenvalue weighted by Crippen LogP contribution is 2.09. The molecule has 86 valence electrons. The van der Waals surface area contributed by atoms with Crippen LogP contribution in [-0.2, 0) is 19.4 Å². The molecule has 16 heavy (non-hydrogen) atoms. The average molecular weight is 240 g/mol. The standard InChI is InChI=1S/C11H12O4S/c1-10(12)15-8-5-9-16(13,14)11-6-3-2-4-7-11/h2-8H,9H2,1H3. The Labute approximate surface area is 94.5 Å². The number of ether oxygens (including phenoxy) is 1. The maximum absolute atomic E-state index is 11.7. The quantitative estimate of drug-likeness (QED) is 0.591. The molecular formula is C11H12O4S. The van der Waals surface area contributed by atoms with Gasteiger partial charge < -0.3 is 4.74 Å². The second kappa shape index (κ2) is 5.46. The van der Waals surface area contributed by atoms with Crippen molar-refractivity contribution in [3.63, 3.8) is 0 Å². The first kappa shape index (κ1) is 12.4. The van der Waals surface area contributed by atoms with E-state index in [1.165, 1.54) is 25.1 Å². The van der Waals surface area contributed by atoms with Crippen LogP contribution in [0.15, 0.2) is 47.6 Å². The van der Waals surface area contributed by atoms with Gasteiger partial charge >= 0.3 is 5.97 Å². The first-order valence-electron chi connectivity index (χ1n) is 4.62. The van der Waals surface area contributed by atoms with Crippen LogP contribution in [0.3, 0.4) is 0 Å². The number of hydrogen-bond acceptors (Lipinski definition) is 4. The molecule has 0 fully saturated rings. The van der Waals surface area contributed by atoms with Crippen molar-refractivity contribution in [1.29, 1.82) is 0 Å². The van der Waals surface area contributed by atoms with Crippen molar-refractivity contribution in [1.82, 2.24) is 0 Å². The predicted octanol–water partition coefficient (Wildman–Crippen LogP) is 1.54. The highest BCUT2D eigenvalue weighted by molar-refractivity contribution is 7.91. The molecule has 1 aromatic rings. The molecule has 0 radical (unpaired) electrons. The topological polar surface area (TPSA) is 60.4 Å². The van der Waals surface area contributed by atoms with Crippen molar-refractivity contribution in [2.75, 3.05) is 5.75 Å². The van der Waals surface area contributed by atoms with Crippen LogP contribution in [0.1, 0.15) is 6.92 Å². The monoisotopic (exact) mass is 240 g/mol. The smallest absolute Gasteiger partial charge is 0.307 e. The molecule has 0 saturated heterocycles. The van der Waals surface area contributed by atoms with Gasteiger partial charge in [-0.3, -0.25) is 4.79 Å². The zero-order valence-corrected chi connectivity index (χ0v) is 9.61. The van der Waals surface area contributed by atoms with Gasteiger partial charge in [0.05, 0.1) is 16.9 Å². The summed E-state index contributed by atoms with van der Waals surface area (Å²) in [6.07, 6.45) is 2.38. The van der Waals surface area contributed by atoms with E-state index >= 15 is 0 Å². The molecule has 5 heteroatoms. The van der Waals surface area contributed by atoms with Gasteiger partial charge in [-0.15, -0.1) is 0 Å². The minimum absolute atomic E-state index is 0.190. The van der Waals surface area contributed by atoms with Crippen LogP contribution in [0, 0.1) is 0 Å². The summed E-state index contributed by atoms with van der Waals surface area (Å²) >= 11 is 0. The molecule has 0 aliphatic rings. The normalized spacial score (nSPS) is 11.6. The molecular weight excluding hydrogens is 228 g/mol. The van der Waals surface area contributed by atoms with Gasteiger partial charge in [0.25, 0.3) is 0 Å². The number of rotatable bonds is 4. The Morgan fingerprint density at radius 2 is 1.94 bits per heavy atom. The number of carbonyl (C=O) groups is 1. The SMILES string of the molecule is CC(=O)OC=CCS(=O)(=O)c1ccccc1. The van der Waals surface area contributed by atoms with Crippen LogP contribution < -0.4 is 0 Å². The van der Waals surface area contributed by atoms with E-state index in [-0.39, 0.29) is 10.6 Å². The van der Waals surface area contributed by atoms with Crippen molar-refractivity contribution < 1.29 is 17.9 Å². The van der Waals surface area contributed by atoms with Crippen LogP contribution in [0.5, 0.6) is 0 Å². The van der Waals surface area contributed by atoms with Gasteiger partial charge in [0.15, 0.2) is 9.84 Å². The second-order valence-electron chi connectivity index (χ2n) is 3.08. The lowest BCUT2D eigenvalue weighted by Gasteiger charge is -1.99. The van der Waals surface area contributed by atoms with Crippen molar-refractivity contribution >= 4 is 15.8 Å². The van der Waals surface area contributed by atoms with E-state index in [4.69, 9.17) is 0 Å². The third-order valence-electron chi connectivity index (χ3n) is 1.75. The highest BCUT2D eigenvalue weighted by Gasteiger charge is 2.10. The van der Waals surface area contributed by atoms with Gasteiger partial charge in [-0.25, -0.2) is 8.42 Å². The Bertz CT molecular complexity index is 474. The maximum Gasteiger partial charge on any atom is 0.307 e. The molecule has 0 aliphatic heterocycles. The summed E-state index contributed by atoms with van der Waals surface area (Å²) in [5.41, 5.74) is 0. The van der Waals surface area contributed by atoms with Gasteiger partial charge in [0.2, 0.25) is 0 Å². The Kier molecular flexibility index (Phi) is 4.25. The lowest BCUT2D eigenvalue weighted by atomic mass is 10.4. The molecule has 0 atom stereocenters. The minimum atomic E-state index is -3.34. The number of sulfone groups is 1. The summed E-state index contributed by atoms with van der Waals surface area (Å²) in [5.74, 6) is -0.669. The zero-order chi connectivity index (χ0) is 12.0. The lowest BCUT2D eigenvalue weighted by molar-refractivity contribution is -0.135. The van der Waals surface area contributed by atoms with Crippen LogP contribution in [0.4, 0.5) is 0 Å². The predicted molar refractivity (Wildman–Crippen MR) is 59.4 cm³/mol. The summed E-state index contributed by atoms with van der Waals surface area (Å²) in [6, 6.07) is 8.10. The van der Waals surface area contributed by atoms with Crippen LogP contribution in [-0.4, -0.2) is 20.1 Å². The largest absolute Gasteiger partial charge is 0.435 e. The fraction of sp³-hybridized carbons (Fsp3) is 0.182. The Hall–Kier alpha value is -1.62. The van der Waals surface area contributed by atoms with Crippen LogP contribution in [0.25, 0.3) is 0 Å². The summed E-state index contributed by atoms with van der Waals surface area (Å²) in [4.78, 5) is 10.7. The summed E-state index contributed by atoms with van der Waals surface area (Å²) < 4.78 is 27.9. The van der Waals surface area contributed by atoms with Gasteiger partial charge in [0.1, 0.15) is 0 Å². The molecule has 0 amide bonds. The summed E-state index contributed by atoms with van der Waals surface area (Å²) in [6.45, 7) is 1.25. The van der Waals surface area contributed by atoms with E-state index in [2.05, 4.69) is 4.74 Å². The lowest BCUT2D eigenvalue weighted by Crippen LogP contribution is -2.04. The number of carbonyl (C=O) groups excluding carboxylic acids is 1. The molecule has 0 aliphatic carbocycles. The molecule has 0 unspecified atom stereocenters. The first-order chi connectivity index (χ1) is 7.52. The van der Waals surface area contributed by atoms with Gasteiger partial charge in [-0.2, -0.15) is 0 Å². The fourth-order valence-corrected chi connectivity index (χ4v) is 2.13. The van der Waals surface area contributed by atoms with Gasteiger partial charge in [0, 0.05) is 6.92 Å². The fourth-order valence-electron chi connectivity index (χ4n) is 1.03. The molecule has 0 saturated carbocycles. The van der Waals surface area contributed by atoms with Crippen LogP contribution in [0.2, 0.25) is 0 Å². The van der Waals surface area contributed by atoms with Crippen molar-refractivity contribution in [2.24, 2.45) is 0 Å². The van der Waals surface area contributed by atoms with E-state index in [9.17, 15) is 13.2 Å². The van der Waals surface area contributed by atoms with E-state index in [0.717, 1.165) is 6.26 Å². The zero-order valence-electron chi connectivity index (χ0n) is 8.79.